The van der Waals surface area contributed by atoms with E-state index in [-0.39, 0.29) is 0 Å². The monoisotopic (exact) mass is 249 g/mol. The highest BCUT2D eigenvalue weighted by molar-refractivity contribution is 5.70. The van der Waals surface area contributed by atoms with Crippen LogP contribution in [0.25, 0.3) is 11.1 Å². The largest absolute Gasteiger partial charge is 0.385 e. The number of fused-ring (bicyclic) bond motifs is 2. The van der Waals surface area contributed by atoms with Gasteiger partial charge in [-0.15, -0.1) is 0 Å². The van der Waals surface area contributed by atoms with Gasteiger partial charge in [0.2, 0.25) is 0 Å². The van der Waals surface area contributed by atoms with Crippen molar-refractivity contribution in [3.05, 3.63) is 53.1 Å². The fourth-order valence-electron chi connectivity index (χ4n) is 3.41. The van der Waals surface area contributed by atoms with Crippen LogP contribution in [0.3, 0.4) is 0 Å². The summed E-state index contributed by atoms with van der Waals surface area (Å²) in [5.41, 5.74) is 8.68. The van der Waals surface area contributed by atoms with E-state index in [9.17, 15) is 0 Å². The highest BCUT2D eigenvalue weighted by Gasteiger charge is 2.13. The van der Waals surface area contributed by atoms with Crippen molar-refractivity contribution < 1.29 is 0 Å². The maximum absolute atomic E-state index is 3.48. The summed E-state index contributed by atoms with van der Waals surface area (Å²) in [4.78, 5) is 0. The summed E-state index contributed by atoms with van der Waals surface area (Å²) < 4.78 is 0. The van der Waals surface area contributed by atoms with Gasteiger partial charge in [-0.25, -0.2) is 0 Å². The van der Waals surface area contributed by atoms with E-state index in [1.165, 1.54) is 54.5 Å². The number of anilines is 1. The van der Waals surface area contributed by atoms with Crippen molar-refractivity contribution in [2.45, 2.75) is 32.1 Å². The molecule has 0 amide bonds. The van der Waals surface area contributed by atoms with Gasteiger partial charge in [-0.3, -0.25) is 0 Å². The Labute approximate surface area is 114 Å². The molecule has 1 nitrogen and oxygen atoms in total. The molecule has 1 aliphatic heterocycles. The van der Waals surface area contributed by atoms with Gasteiger partial charge in [0.05, 0.1) is 0 Å². The fraction of sp³-hybridized carbons (Fsp3) is 0.333. The lowest BCUT2D eigenvalue weighted by Gasteiger charge is -2.19. The Morgan fingerprint density at radius 3 is 2.37 bits per heavy atom. The molecule has 2 aliphatic rings. The third kappa shape index (κ3) is 1.94. The number of hydrogen-bond acceptors (Lipinski definition) is 1. The minimum Gasteiger partial charge on any atom is -0.385 e. The third-order valence-corrected chi connectivity index (χ3v) is 4.48. The Morgan fingerprint density at radius 1 is 0.684 bits per heavy atom. The highest BCUT2D eigenvalue weighted by Crippen LogP contribution is 2.31. The molecule has 0 bridgehead atoms. The smallest absolute Gasteiger partial charge is 0.0373 e. The summed E-state index contributed by atoms with van der Waals surface area (Å²) in [5, 5.41) is 3.48. The zero-order valence-electron chi connectivity index (χ0n) is 11.2. The Balaban J connectivity index is 1.76. The lowest BCUT2D eigenvalue weighted by Crippen LogP contribution is -2.11. The fourth-order valence-corrected chi connectivity index (χ4v) is 3.41. The van der Waals surface area contributed by atoms with Gasteiger partial charge in [0.15, 0.2) is 0 Å². The van der Waals surface area contributed by atoms with Crippen LogP contribution in [0.15, 0.2) is 36.4 Å². The van der Waals surface area contributed by atoms with Crippen LogP contribution in [0.5, 0.6) is 0 Å². The molecular weight excluding hydrogens is 230 g/mol. The van der Waals surface area contributed by atoms with Crippen LogP contribution in [0.1, 0.15) is 29.5 Å². The molecule has 0 radical (unpaired) electrons. The van der Waals surface area contributed by atoms with E-state index in [0.29, 0.717) is 0 Å². The normalized spacial score (nSPS) is 16.6. The topological polar surface area (TPSA) is 12.0 Å². The molecule has 0 aromatic heterocycles. The van der Waals surface area contributed by atoms with E-state index in [2.05, 4.69) is 41.7 Å². The Morgan fingerprint density at radius 2 is 1.42 bits per heavy atom. The second-order valence-corrected chi connectivity index (χ2v) is 5.74. The van der Waals surface area contributed by atoms with Gasteiger partial charge in [0.25, 0.3) is 0 Å². The van der Waals surface area contributed by atoms with Gasteiger partial charge in [-0.2, -0.15) is 0 Å². The summed E-state index contributed by atoms with van der Waals surface area (Å²) >= 11 is 0. The van der Waals surface area contributed by atoms with Crippen molar-refractivity contribution in [3.8, 4) is 11.1 Å². The van der Waals surface area contributed by atoms with Crippen molar-refractivity contribution in [2.75, 3.05) is 11.9 Å². The van der Waals surface area contributed by atoms with Crippen molar-refractivity contribution in [1.82, 2.24) is 0 Å². The average molecular weight is 249 g/mol. The maximum atomic E-state index is 3.48. The second kappa shape index (κ2) is 4.41. The number of aryl methyl sites for hydroxylation is 3. The first-order valence-electron chi connectivity index (χ1n) is 7.39. The van der Waals surface area contributed by atoms with Crippen LogP contribution in [-0.2, 0) is 19.3 Å². The Bertz CT molecular complexity index is 628. The molecule has 0 spiro atoms. The lowest BCUT2D eigenvalue weighted by molar-refractivity contribution is 0.830. The first-order chi connectivity index (χ1) is 9.40. The molecule has 2 aromatic rings. The summed E-state index contributed by atoms with van der Waals surface area (Å²) in [5.74, 6) is 0. The number of nitrogens with one attached hydrogen (secondary N) is 1. The molecule has 19 heavy (non-hydrogen) atoms. The standard InChI is InChI=1S/C18H19N/c1-3-13-6-7-15(11-14(13)4-1)16-8-9-18-17(12-16)5-2-10-19-18/h6-9,11-12,19H,1-5,10H2. The van der Waals surface area contributed by atoms with Crippen LogP contribution in [-0.4, -0.2) is 6.54 Å². The molecule has 0 atom stereocenters. The molecule has 2 aromatic carbocycles. The number of rotatable bonds is 1. The second-order valence-electron chi connectivity index (χ2n) is 5.74. The van der Waals surface area contributed by atoms with Gasteiger partial charge in [0, 0.05) is 12.2 Å². The van der Waals surface area contributed by atoms with E-state index in [0.717, 1.165) is 6.54 Å². The van der Waals surface area contributed by atoms with E-state index in [1.54, 1.807) is 11.1 Å². The van der Waals surface area contributed by atoms with Gasteiger partial charge in [-0.05, 0) is 72.1 Å². The molecule has 0 saturated heterocycles. The predicted molar refractivity (Wildman–Crippen MR) is 80.7 cm³/mol. The lowest BCUT2D eigenvalue weighted by atomic mass is 9.95. The number of hydrogen-bond donors (Lipinski definition) is 1. The quantitative estimate of drug-likeness (QED) is 0.798. The van der Waals surface area contributed by atoms with Crippen molar-refractivity contribution in [1.29, 1.82) is 0 Å². The number of benzene rings is 2. The summed E-state index contributed by atoms with van der Waals surface area (Å²) in [6, 6.07) is 13.9. The van der Waals surface area contributed by atoms with Crippen molar-refractivity contribution >= 4 is 5.69 Å². The van der Waals surface area contributed by atoms with Gasteiger partial charge < -0.3 is 5.32 Å². The molecule has 96 valence electrons. The molecule has 1 N–H and O–H groups in total. The van der Waals surface area contributed by atoms with E-state index >= 15 is 0 Å². The molecule has 4 rings (SSSR count). The van der Waals surface area contributed by atoms with Crippen LogP contribution in [0.4, 0.5) is 5.69 Å². The summed E-state index contributed by atoms with van der Waals surface area (Å²) in [7, 11) is 0. The minimum absolute atomic E-state index is 1.12. The van der Waals surface area contributed by atoms with Crippen LogP contribution in [0.2, 0.25) is 0 Å². The average Bonchev–Trinajstić information content (AvgIpc) is 2.94. The molecule has 1 heteroatoms. The van der Waals surface area contributed by atoms with Crippen LogP contribution < -0.4 is 5.32 Å². The van der Waals surface area contributed by atoms with Crippen LogP contribution in [0, 0.1) is 0 Å². The van der Waals surface area contributed by atoms with Crippen molar-refractivity contribution in [3.63, 3.8) is 0 Å². The summed E-state index contributed by atoms with van der Waals surface area (Å²) in [6.45, 7) is 1.12. The van der Waals surface area contributed by atoms with E-state index in [4.69, 9.17) is 0 Å². The Hall–Kier alpha value is -1.76. The van der Waals surface area contributed by atoms with E-state index in [1.807, 2.05) is 0 Å². The van der Waals surface area contributed by atoms with Crippen molar-refractivity contribution in [2.24, 2.45) is 0 Å². The highest BCUT2D eigenvalue weighted by atomic mass is 14.9. The first-order valence-corrected chi connectivity index (χ1v) is 7.39. The predicted octanol–water partition coefficient (Wildman–Crippen LogP) is 4.20. The molecule has 1 heterocycles. The maximum Gasteiger partial charge on any atom is 0.0373 e. The van der Waals surface area contributed by atoms with E-state index < -0.39 is 0 Å². The SMILES string of the molecule is c1cc2c(cc1-c1ccc3c(c1)CCCN3)CCC2. The zero-order chi connectivity index (χ0) is 12.7. The third-order valence-electron chi connectivity index (χ3n) is 4.48. The first kappa shape index (κ1) is 11.1. The summed E-state index contributed by atoms with van der Waals surface area (Å²) in [6.07, 6.45) is 6.31. The molecule has 0 unspecified atom stereocenters. The minimum atomic E-state index is 1.12. The van der Waals surface area contributed by atoms with Gasteiger partial charge in [-0.1, -0.05) is 24.3 Å². The van der Waals surface area contributed by atoms with Gasteiger partial charge in [0.1, 0.15) is 0 Å². The molecule has 0 saturated carbocycles. The zero-order valence-corrected chi connectivity index (χ0v) is 11.2. The molecule has 1 aliphatic carbocycles. The molecule has 0 fully saturated rings. The van der Waals surface area contributed by atoms with Crippen LogP contribution >= 0.6 is 0 Å². The molecular formula is C18H19N. The Kier molecular flexibility index (Phi) is 2.58. The van der Waals surface area contributed by atoms with Gasteiger partial charge >= 0.3 is 0 Å².